The zero-order chi connectivity index (χ0) is 15.5. The van der Waals surface area contributed by atoms with Crippen molar-refractivity contribution in [2.75, 3.05) is 7.11 Å². The number of para-hydroxylation sites is 1. The van der Waals surface area contributed by atoms with Crippen LogP contribution in [0.2, 0.25) is 0 Å². The molecular formula is C14H14N4O3S. The fraction of sp³-hybridized carbons (Fsp3) is 0.143. The second-order valence-corrected chi connectivity index (χ2v) is 5.35. The summed E-state index contributed by atoms with van der Waals surface area (Å²) in [6.07, 6.45) is 0. The summed E-state index contributed by atoms with van der Waals surface area (Å²) in [5.74, 6) is 0.698. The molecule has 0 fully saturated rings. The third-order valence-electron chi connectivity index (χ3n) is 3.23. The van der Waals surface area contributed by atoms with Gasteiger partial charge in [-0.3, -0.25) is 4.55 Å². The van der Waals surface area contributed by atoms with Gasteiger partial charge in [0, 0.05) is 6.54 Å². The molecule has 1 heterocycles. The van der Waals surface area contributed by atoms with E-state index in [2.05, 4.69) is 15.0 Å². The van der Waals surface area contributed by atoms with Crippen molar-refractivity contribution in [3.05, 3.63) is 48.0 Å². The van der Waals surface area contributed by atoms with Crippen molar-refractivity contribution >= 4 is 22.3 Å². The minimum Gasteiger partial charge on any atom is -0.494 e. The molecule has 0 aliphatic carbocycles. The van der Waals surface area contributed by atoms with Crippen molar-refractivity contribution in [3.8, 4) is 11.4 Å². The maximum absolute atomic E-state index is 10.6. The molecule has 8 heteroatoms. The number of aromatic nitrogens is 3. The first-order chi connectivity index (χ1) is 10.7. The first-order valence-corrected chi connectivity index (χ1v) is 7.62. The lowest BCUT2D eigenvalue weighted by molar-refractivity contribution is 0.418. The Morgan fingerprint density at radius 2 is 2.05 bits per heavy atom. The number of hydrogen-bond donors (Lipinski definition) is 2. The molecule has 1 aromatic heterocycles. The van der Waals surface area contributed by atoms with Gasteiger partial charge in [-0.2, -0.15) is 0 Å². The van der Waals surface area contributed by atoms with E-state index in [1.165, 1.54) is 0 Å². The second kappa shape index (κ2) is 6.22. The van der Waals surface area contributed by atoms with E-state index in [9.17, 15) is 4.21 Å². The lowest BCUT2D eigenvalue weighted by Crippen LogP contribution is -2.15. The minimum absolute atomic E-state index is 0.310. The molecule has 0 aliphatic rings. The fourth-order valence-corrected chi connectivity index (χ4v) is 2.48. The van der Waals surface area contributed by atoms with Gasteiger partial charge in [-0.15, -0.1) is 5.10 Å². The summed E-state index contributed by atoms with van der Waals surface area (Å²) < 4.78 is 28.8. The smallest absolute Gasteiger partial charge is 0.232 e. The molecule has 0 spiro atoms. The van der Waals surface area contributed by atoms with Crippen molar-refractivity contribution in [2.45, 2.75) is 6.54 Å². The van der Waals surface area contributed by atoms with Gasteiger partial charge in [0.05, 0.1) is 12.8 Å². The molecule has 2 N–H and O–H groups in total. The third-order valence-corrected chi connectivity index (χ3v) is 3.62. The van der Waals surface area contributed by atoms with Gasteiger partial charge in [-0.1, -0.05) is 23.4 Å². The number of nitrogens with one attached hydrogen (secondary N) is 1. The van der Waals surface area contributed by atoms with Crippen LogP contribution in [0.4, 0.5) is 0 Å². The van der Waals surface area contributed by atoms with Crippen LogP contribution in [0.25, 0.3) is 16.7 Å². The average Bonchev–Trinajstić information content (AvgIpc) is 2.97. The predicted octanol–water partition coefficient (Wildman–Crippen LogP) is 1.66. The van der Waals surface area contributed by atoms with Crippen molar-refractivity contribution in [3.63, 3.8) is 0 Å². The van der Waals surface area contributed by atoms with Crippen LogP contribution in [0.1, 0.15) is 5.56 Å². The van der Waals surface area contributed by atoms with Crippen LogP contribution in [0.3, 0.4) is 0 Å². The number of benzene rings is 2. The zero-order valence-corrected chi connectivity index (χ0v) is 12.6. The first kappa shape index (κ1) is 14.6. The normalized spacial score (nSPS) is 12.5. The Balaban J connectivity index is 1.96. The molecule has 3 aromatic rings. The quantitative estimate of drug-likeness (QED) is 0.698. The van der Waals surface area contributed by atoms with E-state index in [4.69, 9.17) is 9.29 Å². The summed E-state index contributed by atoms with van der Waals surface area (Å²) in [5.41, 5.74) is 3.27. The third kappa shape index (κ3) is 2.84. The summed E-state index contributed by atoms with van der Waals surface area (Å²) in [6.45, 7) is 0.310. The summed E-state index contributed by atoms with van der Waals surface area (Å²) in [4.78, 5) is 0. The van der Waals surface area contributed by atoms with Crippen LogP contribution >= 0.6 is 0 Å². The van der Waals surface area contributed by atoms with Crippen LogP contribution < -0.4 is 9.46 Å². The highest BCUT2D eigenvalue weighted by Gasteiger charge is 2.11. The monoisotopic (exact) mass is 318 g/mol. The van der Waals surface area contributed by atoms with E-state index in [0.717, 1.165) is 22.3 Å². The van der Waals surface area contributed by atoms with E-state index in [1.54, 1.807) is 11.8 Å². The SMILES string of the molecule is COc1cccc2nnn(-c3ccc(CNS(=O)O)cc3)c12. The van der Waals surface area contributed by atoms with E-state index in [-0.39, 0.29) is 0 Å². The summed E-state index contributed by atoms with van der Waals surface area (Å²) in [5, 5.41) is 8.29. The molecule has 2 aromatic carbocycles. The van der Waals surface area contributed by atoms with Gasteiger partial charge in [0.2, 0.25) is 11.3 Å². The highest BCUT2D eigenvalue weighted by molar-refractivity contribution is 7.77. The van der Waals surface area contributed by atoms with Gasteiger partial charge in [0.1, 0.15) is 16.8 Å². The van der Waals surface area contributed by atoms with Crippen LogP contribution in [0.15, 0.2) is 42.5 Å². The van der Waals surface area contributed by atoms with Crippen LogP contribution in [0, 0.1) is 0 Å². The molecule has 3 rings (SSSR count). The Bertz CT molecular complexity index is 817. The summed E-state index contributed by atoms with van der Waals surface area (Å²) >= 11 is -2.02. The summed E-state index contributed by atoms with van der Waals surface area (Å²) in [6, 6.07) is 13.1. The Kier molecular flexibility index (Phi) is 4.14. The van der Waals surface area contributed by atoms with E-state index < -0.39 is 11.3 Å². The van der Waals surface area contributed by atoms with Crippen LogP contribution in [-0.2, 0) is 17.8 Å². The van der Waals surface area contributed by atoms with Gasteiger partial charge >= 0.3 is 0 Å². The predicted molar refractivity (Wildman–Crippen MR) is 83.0 cm³/mol. The molecule has 0 bridgehead atoms. The van der Waals surface area contributed by atoms with Gasteiger partial charge in [-0.25, -0.2) is 13.6 Å². The molecule has 0 radical (unpaired) electrons. The number of fused-ring (bicyclic) bond motifs is 1. The molecule has 7 nitrogen and oxygen atoms in total. The highest BCUT2D eigenvalue weighted by atomic mass is 32.2. The van der Waals surface area contributed by atoms with Gasteiger partial charge in [0.25, 0.3) is 0 Å². The number of hydrogen-bond acceptors (Lipinski definition) is 4. The standard InChI is InChI=1S/C14H14N4O3S/c1-21-13-4-2-3-12-14(13)18(17-16-12)11-7-5-10(6-8-11)9-15-22(19)20/h2-8,15H,9H2,1H3,(H,19,20). The average molecular weight is 318 g/mol. The second-order valence-electron chi connectivity index (χ2n) is 4.57. The van der Waals surface area contributed by atoms with Crippen molar-refractivity contribution in [1.82, 2.24) is 19.7 Å². The molecule has 114 valence electrons. The lowest BCUT2D eigenvalue weighted by Gasteiger charge is -2.07. The number of methoxy groups -OCH3 is 1. The Hall–Kier alpha value is -2.29. The number of rotatable bonds is 5. The Labute approximate surface area is 129 Å². The van der Waals surface area contributed by atoms with Crippen molar-refractivity contribution in [2.24, 2.45) is 0 Å². The summed E-state index contributed by atoms with van der Waals surface area (Å²) in [7, 11) is 1.61. The molecule has 0 amide bonds. The van der Waals surface area contributed by atoms with Crippen LogP contribution in [-0.4, -0.2) is 30.9 Å². The minimum atomic E-state index is -2.02. The molecule has 1 atom stereocenters. The van der Waals surface area contributed by atoms with E-state index in [0.29, 0.717) is 12.3 Å². The molecule has 1 unspecified atom stereocenters. The van der Waals surface area contributed by atoms with Gasteiger partial charge in [-0.05, 0) is 29.8 Å². The maximum Gasteiger partial charge on any atom is 0.232 e. The van der Waals surface area contributed by atoms with E-state index in [1.807, 2.05) is 42.5 Å². The van der Waals surface area contributed by atoms with Gasteiger partial charge in [0.15, 0.2) is 0 Å². The Morgan fingerprint density at radius 1 is 1.27 bits per heavy atom. The zero-order valence-electron chi connectivity index (χ0n) is 11.8. The topological polar surface area (TPSA) is 89.3 Å². The Morgan fingerprint density at radius 3 is 2.73 bits per heavy atom. The maximum atomic E-state index is 10.6. The van der Waals surface area contributed by atoms with Gasteiger partial charge < -0.3 is 4.74 Å². The molecule has 22 heavy (non-hydrogen) atoms. The molecular weight excluding hydrogens is 304 g/mol. The van der Waals surface area contributed by atoms with Crippen LogP contribution in [0.5, 0.6) is 5.75 Å². The molecule has 0 saturated carbocycles. The molecule has 0 aliphatic heterocycles. The largest absolute Gasteiger partial charge is 0.494 e. The number of nitrogens with zero attached hydrogens (tertiary/aromatic N) is 3. The lowest BCUT2D eigenvalue weighted by atomic mass is 10.2. The van der Waals surface area contributed by atoms with Crippen molar-refractivity contribution in [1.29, 1.82) is 0 Å². The number of ether oxygens (including phenoxy) is 1. The fourth-order valence-electron chi connectivity index (χ4n) is 2.19. The van der Waals surface area contributed by atoms with Crippen molar-refractivity contribution < 1.29 is 13.5 Å². The van der Waals surface area contributed by atoms with E-state index >= 15 is 0 Å². The first-order valence-electron chi connectivity index (χ1n) is 6.51. The molecule has 0 saturated heterocycles. The highest BCUT2D eigenvalue weighted by Crippen LogP contribution is 2.26.